The predicted octanol–water partition coefficient (Wildman–Crippen LogP) is 3.70. The van der Waals surface area contributed by atoms with Crippen LogP contribution in [0.2, 0.25) is 0 Å². The summed E-state index contributed by atoms with van der Waals surface area (Å²) in [5.41, 5.74) is 1.43. The molecule has 27 heavy (non-hydrogen) atoms. The number of hydrogen-bond donors (Lipinski definition) is 1. The Hall–Kier alpha value is -2.87. The van der Waals surface area contributed by atoms with Crippen molar-refractivity contribution < 1.29 is 23.5 Å². The molecular weight excluding hydrogens is 419 g/mol. The zero-order valence-corrected chi connectivity index (χ0v) is 16.2. The molecule has 0 unspecified atom stereocenters. The first-order valence-corrected chi connectivity index (χ1v) is 8.72. The number of hydrogen-bond acceptors (Lipinski definition) is 4. The van der Waals surface area contributed by atoms with Crippen LogP contribution in [0.3, 0.4) is 0 Å². The number of methoxy groups -OCH3 is 2. The van der Waals surface area contributed by atoms with E-state index in [9.17, 15) is 14.0 Å². The first kappa shape index (κ1) is 18.9. The third-order valence-corrected chi connectivity index (χ3v) is 4.57. The number of nitrogens with zero attached hydrogens (tertiary/aromatic N) is 1. The second-order valence-electron chi connectivity index (χ2n) is 5.74. The Bertz CT molecular complexity index is 928. The summed E-state index contributed by atoms with van der Waals surface area (Å²) < 4.78 is 24.2. The average molecular weight is 435 g/mol. The summed E-state index contributed by atoms with van der Waals surface area (Å²) in [5, 5.41) is 2.56. The summed E-state index contributed by atoms with van der Waals surface area (Å²) in [6, 6.07) is 8.54. The molecule has 0 aromatic heterocycles. The minimum atomic E-state index is -0.532. The number of halogens is 2. The number of carbonyl (C=O) groups is 2. The molecule has 0 saturated carbocycles. The highest BCUT2D eigenvalue weighted by molar-refractivity contribution is 9.10. The molecule has 6 nitrogen and oxygen atoms in total. The normalized spacial score (nSPS) is 15.3. The number of rotatable bonds is 5. The van der Waals surface area contributed by atoms with Crippen LogP contribution in [0.25, 0.3) is 6.08 Å². The second kappa shape index (κ2) is 7.79. The molecule has 0 radical (unpaired) electrons. The number of imide groups is 1. The maximum Gasteiger partial charge on any atom is 0.329 e. The number of ether oxygens (including phenoxy) is 2. The summed E-state index contributed by atoms with van der Waals surface area (Å²) in [6.45, 7) is 0.0535. The van der Waals surface area contributed by atoms with Gasteiger partial charge in [-0.05, 0) is 57.4 Å². The van der Waals surface area contributed by atoms with Gasteiger partial charge in [0.25, 0.3) is 5.91 Å². The van der Waals surface area contributed by atoms with E-state index in [4.69, 9.17) is 9.47 Å². The number of amides is 3. The SMILES string of the molecule is COc1cc(/C=C2\NC(=O)N(Cc3ccc(F)cc3)C2=O)cc(Br)c1OC. The molecule has 1 aliphatic rings. The Balaban J connectivity index is 1.86. The molecule has 1 aliphatic heterocycles. The molecular formula is C19H16BrFN2O4. The van der Waals surface area contributed by atoms with E-state index in [0.29, 0.717) is 27.1 Å². The quantitative estimate of drug-likeness (QED) is 0.575. The van der Waals surface area contributed by atoms with Gasteiger partial charge in [-0.15, -0.1) is 0 Å². The molecule has 0 spiro atoms. The lowest BCUT2D eigenvalue weighted by molar-refractivity contribution is -0.123. The lowest BCUT2D eigenvalue weighted by Crippen LogP contribution is -2.30. The molecule has 2 aromatic rings. The van der Waals surface area contributed by atoms with E-state index < -0.39 is 11.9 Å². The summed E-state index contributed by atoms with van der Waals surface area (Å²) >= 11 is 3.39. The molecule has 8 heteroatoms. The zero-order valence-electron chi connectivity index (χ0n) is 14.6. The highest BCUT2D eigenvalue weighted by atomic mass is 79.9. The van der Waals surface area contributed by atoms with Crippen molar-refractivity contribution in [2.75, 3.05) is 14.2 Å². The molecule has 3 rings (SSSR count). The highest BCUT2D eigenvalue weighted by Crippen LogP contribution is 2.37. The predicted molar refractivity (Wildman–Crippen MR) is 101 cm³/mol. The van der Waals surface area contributed by atoms with E-state index in [2.05, 4.69) is 21.2 Å². The Morgan fingerprint density at radius 3 is 2.48 bits per heavy atom. The van der Waals surface area contributed by atoms with Crippen LogP contribution in [0.1, 0.15) is 11.1 Å². The van der Waals surface area contributed by atoms with Gasteiger partial charge in [-0.2, -0.15) is 0 Å². The Kier molecular flexibility index (Phi) is 5.46. The Morgan fingerprint density at radius 2 is 1.85 bits per heavy atom. The first-order chi connectivity index (χ1) is 12.9. The van der Waals surface area contributed by atoms with E-state index in [1.807, 2.05) is 0 Å². The van der Waals surface area contributed by atoms with E-state index in [-0.39, 0.29) is 18.1 Å². The highest BCUT2D eigenvalue weighted by Gasteiger charge is 2.33. The van der Waals surface area contributed by atoms with E-state index in [1.54, 1.807) is 18.2 Å². The Labute approximate surface area is 163 Å². The van der Waals surface area contributed by atoms with Gasteiger partial charge in [0.15, 0.2) is 11.5 Å². The number of nitrogens with one attached hydrogen (secondary N) is 1. The standard InChI is InChI=1S/C19H16BrFN2O4/c1-26-16-9-12(7-14(20)17(16)27-2)8-15-18(24)23(19(25)22-15)10-11-3-5-13(21)6-4-11/h3-9H,10H2,1-2H3,(H,22,25)/b15-8-. The van der Waals surface area contributed by atoms with Gasteiger partial charge in [0.2, 0.25) is 0 Å². The van der Waals surface area contributed by atoms with Crippen LogP contribution >= 0.6 is 15.9 Å². The number of urea groups is 1. The molecule has 1 heterocycles. The van der Waals surface area contributed by atoms with Crippen LogP contribution < -0.4 is 14.8 Å². The third kappa shape index (κ3) is 3.95. The van der Waals surface area contributed by atoms with Crippen molar-refractivity contribution in [2.45, 2.75) is 6.54 Å². The zero-order chi connectivity index (χ0) is 19.6. The summed E-state index contributed by atoms with van der Waals surface area (Å²) in [6.07, 6.45) is 1.55. The maximum atomic E-state index is 13.0. The van der Waals surface area contributed by atoms with Gasteiger partial charge in [0.1, 0.15) is 11.5 Å². The van der Waals surface area contributed by atoms with Crippen molar-refractivity contribution in [1.29, 1.82) is 0 Å². The fraction of sp³-hybridized carbons (Fsp3) is 0.158. The van der Waals surface area contributed by atoms with Crippen molar-refractivity contribution >= 4 is 33.9 Å². The molecule has 1 saturated heterocycles. The molecule has 1 fully saturated rings. The monoisotopic (exact) mass is 434 g/mol. The van der Waals surface area contributed by atoms with Gasteiger partial charge in [0, 0.05) is 0 Å². The van der Waals surface area contributed by atoms with Crippen molar-refractivity contribution in [3.8, 4) is 11.5 Å². The van der Waals surface area contributed by atoms with Crippen molar-refractivity contribution in [2.24, 2.45) is 0 Å². The number of benzene rings is 2. The van der Waals surface area contributed by atoms with E-state index >= 15 is 0 Å². The summed E-state index contributed by atoms with van der Waals surface area (Å²) in [7, 11) is 3.03. The topological polar surface area (TPSA) is 67.9 Å². The van der Waals surface area contributed by atoms with Gasteiger partial charge < -0.3 is 14.8 Å². The Morgan fingerprint density at radius 1 is 1.15 bits per heavy atom. The lowest BCUT2D eigenvalue weighted by atomic mass is 10.1. The summed E-state index contributed by atoms with van der Waals surface area (Å²) in [4.78, 5) is 25.8. The van der Waals surface area contributed by atoms with E-state index in [1.165, 1.54) is 38.5 Å². The second-order valence-corrected chi connectivity index (χ2v) is 6.60. The van der Waals surface area contributed by atoms with Crippen molar-refractivity contribution in [1.82, 2.24) is 10.2 Å². The number of carbonyl (C=O) groups excluding carboxylic acids is 2. The van der Waals surface area contributed by atoms with Crippen LogP contribution in [0.4, 0.5) is 9.18 Å². The fourth-order valence-corrected chi connectivity index (χ4v) is 3.30. The molecule has 0 bridgehead atoms. The minimum absolute atomic E-state index is 0.0535. The maximum absolute atomic E-state index is 13.0. The van der Waals surface area contributed by atoms with Gasteiger partial charge in [-0.3, -0.25) is 9.69 Å². The average Bonchev–Trinajstić information content (AvgIpc) is 2.90. The van der Waals surface area contributed by atoms with Gasteiger partial charge >= 0.3 is 6.03 Å². The van der Waals surface area contributed by atoms with Crippen LogP contribution in [-0.4, -0.2) is 31.1 Å². The molecule has 1 N–H and O–H groups in total. The largest absolute Gasteiger partial charge is 0.493 e. The van der Waals surface area contributed by atoms with Gasteiger partial charge in [-0.25, -0.2) is 9.18 Å². The molecule has 3 amide bonds. The molecule has 2 aromatic carbocycles. The van der Waals surface area contributed by atoms with Crippen LogP contribution in [-0.2, 0) is 11.3 Å². The van der Waals surface area contributed by atoms with Crippen LogP contribution in [0.5, 0.6) is 11.5 Å². The van der Waals surface area contributed by atoms with Gasteiger partial charge in [0.05, 0.1) is 25.2 Å². The fourth-order valence-electron chi connectivity index (χ4n) is 2.68. The third-order valence-electron chi connectivity index (χ3n) is 3.98. The molecule has 140 valence electrons. The van der Waals surface area contributed by atoms with E-state index in [0.717, 1.165) is 4.90 Å². The van der Waals surface area contributed by atoms with Crippen LogP contribution in [0.15, 0.2) is 46.6 Å². The first-order valence-electron chi connectivity index (χ1n) is 7.93. The smallest absolute Gasteiger partial charge is 0.329 e. The summed E-state index contributed by atoms with van der Waals surface area (Å²) in [5.74, 6) is 0.170. The molecule has 0 atom stereocenters. The van der Waals surface area contributed by atoms with Crippen molar-refractivity contribution in [3.63, 3.8) is 0 Å². The lowest BCUT2D eigenvalue weighted by Gasteiger charge is -2.12. The van der Waals surface area contributed by atoms with Crippen molar-refractivity contribution in [3.05, 3.63) is 63.5 Å². The van der Waals surface area contributed by atoms with Gasteiger partial charge in [-0.1, -0.05) is 12.1 Å². The minimum Gasteiger partial charge on any atom is -0.493 e. The molecule has 0 aliphatic carbocycles. The van der Waals surface area contributed by atoms with Crippen LogP contribution in [0, 0.1) is 5.82 Å².